The molecule has 1 aliphatic heterocycles. The van der Waals surface area contributed by atoms with E-state index in [1.54, 1.807) is 6.92 Å². The van der Waals surface area contributed by atoms with E-state index in [0.717, 1.165) is 17.7 Å². The lowest BCUT2D eigenvalue weighted by molar-refractivity contribution is -0.116. The average molecular weight is 329 g/mol. The number of amides is 1. The van der Waals surface area contributed by atoms with Gasteiger partial charge in [-0.25, -0.2) is 4.79 Å². The third-order valence-corrected chi connectivity index (χ3v) is 3.86. The smallest absolute Gasteiger partial charge is 0.356 e. The summed E-state index contributed by atoms with van der Waals surface area (Å²) in [7, 11) is 0. The molecule has 0 unspecified atom stereocenters. The van der Waals surface area contributed by atoms with E-state index in [1.807, 2.05) is 24.3 Å². The Morgan fingerprint density at radius 2 is 2.25 bits per heavy atom. The Bertz CT molecular complexity index is 741. The van der Waals surface area contributed by atoms with E-state index in [9.17, 15) is 9.59 Å². The summed E-state index contributed by atoms with van der Waals surface area (Å²) in [5, 5.41) is 9.18. The van der Waals surface area contributed by atoms with E-state index >= 15 is 0 Å². The number of aromatic nitrogens is 2. The zero-order valence-electron chi connectivity index (χ0n) is 13.4. The standard InChI is InChI=1S/C17H19N3O4/c1-2-23-17(22)13-10-15(20-19-13)18-16(21)9-11-7-8-24-14-6-4-3-5-12(11)14/h3-6,10-11H,2,7-9H2,1H3,(H2,18,19,20,21)/t11-/m0/s1. The molecular formula is C17H19N3O4. The lowest BCUT2D eigenvalue weighted by atomic mass is 9.90. The lowest BCUT2D eigenvalue weighted by Gasteiger charge is -2.25. The molecule has 2 aromatic rings. The number of aromatic amines is 1. The van der Waals surface area contributed by atoms with Crippen LogP contribution in [0.4, 0.5) is 5.82 Å². The topological polar surface area (TPSA) is 93.3 Å². The molecule has 1 amide bonds. The number of para-hydroxylation sites is 1. The minimum absolute atomic E-state index is 0.110. The Morgan fingerprint density at radius 3 is 3.08 bits per heavy atom. The third kappa shape index (κ3) is 3.56. The maximum absolute atomic E-state index is 12.3. The molecule has 0 bridgehead atoms. The molecule has 1 aliphatic rings. The first-order valence-electron chi connectivity index (χ1n) is 7.91. The van der Waals surface area contributed by atoms with Crippen molar-refractivity contribution in [3.05, 3.63) is 41.6 Å². The van der Waals surface area contributed by atoms with E-state index in [0.29, 0.717) is 18.8 Å². The molecule has 0 aliphatic carbocycles. The fourth-order valence-corrected chi connectivity index (χ4v) is 2.74. The number of nitrogens with one attached hydrogen (secondary N) is 2. The molecule has 7 nitrogen and oxygen atoms in total. The lowest BCUT2D eigenvalue weighted by Crippen LogP contribution is -2.20. The molecule has 0 spiro atoms. The number of hydrogen-bond donors (Lipinski definition) is 2. The van der Waals surface area contributed by atoms with Gasteiger partial charge in [0.1, 0.15) is 11.4 Å². The summed E-state index contributed by atoms with van der Waals surface area (Å²) < 4.78 is 10.5. The van der Waals surface area contributed by atoms with Crippen molar-refractivity contribution < 1.29 is 19.1 Å². The summed E-state index contributed by atoms with van der Waals surface area (Å²) in [6.45, 7) is 2.61. The fraction of sp³-hybridized carbons (Fsp3) is 0.353. The van der Waals surface area contributed by atoms with Crippen LogP contribution in [0.15, 0.2) is 30.3 Å². The van der Waals surface area contributed by atoms with Crippen LogP contribution >= 0.6 is 0 Å². The predicted octanol–water partition coefficient (Wildman–Crippen LogP) is 2.48. The molecule has 0 saturated heterocycles. The second kappa shape index (κ2) is 7.16. The SMILES string of the molecule is CCOC(=O)c1cc(NC(=O)C[C@@H]2CCOc3ccccc32)n[nH]1. The Kier molecular flexibility index (Phi) is 4.79. The summed E-state index contributed by atoms with van der Waals surface area (Å²) in [6.07, 6.45) is 1.13. The molecule has 0 saturated carbocycles. The number of hydrogen-bond acceptors (Lipinski definition) is 5. The third-order valence-electron chi connectivity index (χ3n) is 3.86. The maximum atomic E-state index is 12.3. The number of H-pyrrole nitrogens is 1. The van der Waals surface area contributed by atoms with Gasteiger partial charge in [-0.2, -0.15) is 5.10 Å². The Balaban J connectivity index is 1.62. The van der Waals surface area contributed by atoms with E-state index in [2.05, 4.69) is 15.5 Å². The van der Waals surface area contributed by atoms with Crippen molar-refractivity contribution >= 4 is 17.7 Å². The van der Waals surface area contributed by atoms with E-state index in [-0.39, 0.29) is 24.1 Å². The number of ether oxygens (including phenoxy) is 2. The number of rotatable bonds is 5. The molecule has 7 heteroatoms. The number of carbonyl (C=O) groups is 2. The van der Waals surface area contributed by atoms with Gasteiger partial charge in [-0.3, -0.25) is 9.89 Å². The summed E-state index contributed by atoms with van der Waals surface area (Å²) >= 11 is 0. The van der Waals surface area contributed by atoms with Gasteiger partial charge in [0.2, 0.25) is 5.91 Å². The van der Waals surface area contributed by atoms with Gasteiger partial charge >= 0.3 is 5.97 Å². The van der Waals surface area contributed by atoms with Gasteiger partial charge < -0.3 is 14.8 Å². The summed E-state index contributed by atoms with van der Waals surface area (Å²) in [5.41, 5.74) is 1.26. The Hall–Kier alpha value is -2.83. The Morgan fingerprint density at radius 1 is 1.42 bits per heavy atom. The summed E-state index contributed by atoms with van der Waals surface area (Å²) in [4.78, 5) is 23.9. The predicted molar refractivity (Wildman–Crippen MR) is 87.1 cm³/mol. The second-order valence-electron chi connectivity index (χ2n) is 5.51. The van der Waals surface area contributed by atoms with Crippen molar-refractivity contribution in [3.8, 4) is 5.75 Å². The van der Waals surface area contributed by atoms with Crippen molar-refractivity contribution in [2.45, 2.75) is 25.7 Å². The quantitative estimate of drug-likeness (QED) is 0.822. The molecule has 24 heavy (non-hydrogen) atoms. The van der Waals surface area contributed by atoms with Gasteiger partial charge in [-0.15, -0.1) is 0 Å². The first-order chi connectivity index (χ1) is 11.7. The van der Waals surface area contributed by atoms with E-state index < -0.39 is 5.97 Å². The first kappa shape index (κ1) is 16.0. The van der Waals surface area contributed by atoms with E-state index in [4.69, 9.17) is 9.47 Å². The first-order valence-corrected chi connectivity index (χ1v) is 7.91. The molecule has 0 radical (unpaired) electrons. The molecule has 0 fully saturated rings. The maximum Gasteiger partial charge on any atom is 0.356 e. The highest BCUT2D eigenvalue weighted by Crippen LogP contribution is 2.35. The van der Waals surface area contributed by atoms with Crippen LogP contribution in [0, 0.1) is 0 Å². The van der Waals surface area contributed by atoms with Gasteiger partial charge in [0.25, 0.3) is 0 Å². The minimum atomic E-state index is -0.496. The number of benzene rings is 1. The number of carbonyl (C=O) groups excluding carboxylic acids is 2. The zero-order chi connectivity index (χ0) is 16.9. The number of nitrogens with zero attached hydrogens (tertiary/aromatic N) is 1. The summed E-state index contributed by atoms with van der Waals surface area (Å²) in [6, 6.07) is 9.23. The highest BCUT2D eigenvalue weighted by molar-refractivity contribution is 5.93. The number of anilines is 1. The zero-order valence-corrected chi connectivity index (χ0v) is 13.4. The van der Waals surface area contributed by atoms with Crippen LogP contribution in [-0.2, 0) is 9.53 Å². The summed E-state index contributed by atoms with van der Waals surface area (Å²) in [5.74, 6) is 0.607. The normalized spacial score (nSPS) is 16.0. The highest BCUT2D eigenvalue weighted by atomic mass is 16.5. The molecule has 1 aromatic heterocycles. The largest absolute Gasteiger partial charge is 0.493 e. The molecule has 1 aromatic carbocycles. The highest BCUT2D eigenvalue weighted by Gasteiger charge is 2.24. The second-order valence-corrected chi connectivity index (χ2v) is 5.51. The van der Waals surface area contributed by atoms with Crippen LogP contribution in [0.1, 0.15) is 41.7 Å². The van der Waals surface area contributed by atoms with Crippen LogP contribution in [0.2, 0.25) is 0 Å². The molecule has 1 atom stereocenters. The Labute approximate surface area is 139 Å². The van der Waals surface area contributed by atoms with Crippen molar-refractivity contribution in [2.24, 2.45) is 0 Å². The van der Waals surface area contributed by atoms with Gasteiger partial charge in [0.15, 0.2) is 5.82 Å². The van der Waals surface area contributed by atoms with Crippen LogP contribution in [0.3, 0.4) is 0 Å². The van der Waals surface area contributed by atoms with Gasteiger partial charge in [-0.05, 0) is 30.9 Å². The fourth-order valence-electron chi connectivity index (χ4n) is 2.74. The molecule has 3 rings (SSSR count). The van der Waals surface area contributed by atoms with Crippen LogP contribution < -0.4 is 10.1 Å². The molecular weight excluding hydrogens is 310 g/mol. The number of esters is 1. The van der Waals surface area contributed by atoms with Crippen molar-refractivity contribution in [3.63, 3.8) is 0 Å². The number of fused-ring (bicyclic) bond motifs is 1. The van der Waals surface area contributed by atoms with Gasteiger partial charge in [0.05, 0.1) is 13.2 Å². The van der Waals surface area contributed by atoms with Gasteiger partial charge in [-0.1, -0.05) is 18.2 Å². The monoisotopic (exact) mass is 329 g/mol. The molecule has 2 N–H and O–H groups in total. The van der Waals surface area contributed by atoms with Crippen LogP contribution in [-0.4, -0.2) is 35.3 Å². The molecule has 2 heterocycles. The average Bonchev–Trinajstić information content (AvgIpc) is 3.04. The van der Waals surface area contributed by atoms with Crippen molar-refractivity contribution in [1.82, 2.24) is 10.2 Å². The molecule has 126 valence electrons. The van der Waals surface area contributed by atoms with Crippen LogP contribution in [0.25, 0.3) is 0 Å². The van der Waals surface area contributed by atoms with Crippen molar-refractivity contribution in [1.29, 1.82) is 0 Å². The van der Waals surface area contributed by atoms with E-state index in [1.165, 1.54) is 6.07 Å². The van der Waals surface area contributed by atoms with Crippen molar-refractivity contribution in [2.75, 3.05) is 18.5 Å². The van der Waals surface area contributed by atoms with Gasteiger partial charge in [0, 0.05) is 12.5 Å². The van der Waals surface area contributed by atoms with Crippen LogP contribution in [0.5, 0.6) is 5.75 Å². The minimum Gasteiger partial charge on any atom is -0.493 e.